The highest BCUT2D eigenvalue weighted by molar-refractivity contribution is 7.89. The topological polar surface area (TPSA) is 87.3 Å². The molecule has 2 rings (SSSR count). The third-order valence-corrected chi connectivity index (χ3v) is 5.45. The summed E-state index contributed by atoms with van der Waals surface area (Å²) in [5, 5.41) is 5.86. The molecule has 6 nitrogen and oxygen atoms in total. The van der Waals surface area contributed by atoms with Crippen LogP contribution in [0.1, 0.15) is 24.1 Å². The van der Waals surface area contributed by atoms with Crippen molar-refractivity contribution in [3.8, 4) is 0 Å². The van der Waals surface area contributed by atoms with E-state index in [1.54, 1.807) is 19.1 Å². The monoisotopic (exact) mass is 361 g/mol. The van der Waals surface area contributed by atoms with Crippen molar-refractivity contribution in [2.75, 3.05) is 18.9 Å². The lowest BCUT2D eigenvalue weighted by Gasteiger charge is -2.14. The van der Waals surface area contributed by atoms with Crippen LogP contribution in [0.4, 0.5) is 5.69 Å². The number of carbonyl (C=O) groups excluding carboxylic acids is 1. The Hall–Kier alpha value is -2.22. The Morgan fingerprint density at radius 1 is 1.12 bits per heavy atom. The van der Waals surface area contributed by atoms with E-state index in [0.717, 1.165) is 5.56 Å². The van der Waals surface area contributed by atoms with Crippen molar-refractivity contribution >= 4 is 21.6 Å². The van der Waals surface area contributed by atoms with Gasteiger partial charge in [0.1, 0.15) is 0 Å². The van der Waals surface area contributed by atoms with Gasteiger partial charge in [0, 0.05) is 11.7 Å². The summed E-state index contributed by atoms with van der Waals surface area (Å²) in [4.78, 5) is 12.3. The molecule has 0 unspecified atom stereocenters. The van der Waals surface area contributed by atoms with E-state index in [4.69, 9.17) is 0 Å². The van der Waals surface area contributed by atoms with Crippen LogP contribution < -0.4 is 15.4 Å². The molecule has 0 spiro atoms. The molecule has 134 valence electrons. The minimum absolute atomic E-state index is 0.0326. The van der Waals surface area contributed by atoms with Crippen molar-refractivity contribution in [3.05, 3.63) is 59.7 Å². The maximum atomic E-state index is 12.1. The molecule has 0 saturated heterocycles. The minimum atomic E-state index is -3.57. The highest BCUT2D eigenvalue weighted by Gasteiger charge is 2.16. The highest BCUT2D eigenvalue weighted by atomic mass is 32.2. The van der Waals surface area contributed by atoms with Gasteiger partial charge in [0.2, 0.25) is 15.9 Å². The number of aryl methyl sites for hydroxylation is 1. The Kier molecular flexibility index (Phi) is 6.30. The summed E-state index contributed by atoms with van der Waals surface area (Å²) in [7, 11) is -2.21. The summed E-state index contributed by atoms with van der Waals surface area (Å²) in [6, 6.07) is 14.7. The van der Waals surface area contributed by atoms with Crippen molar-refractivity contribution in [1.29, 1.82) is 0 Å². The molecule has 0 aliphatic rings. The first-order valence-electron chi connectivity index (χ1n) is 7.96. The minimum Gasteiger partial charge on any atom is -0.325 e. The molecule has 25 heavy (non-hydrogen) atoms. The molecule has 0 fully saturated rings. The fraction of sp³-hybridized carbons (Fsp3) is 0.278. The van der Waals surface area contributed by atoms with E-state index in [0.29, 0.717) is 11.3 Å². The smallest absolute Gasteiger partial charge is 0.240 e. The van der Waals surface area contributed by atoms with E-state index in [9.17, 15) is 13.2 Å². The number of anilines is 1. The van der Waals surface area contributed by atoms with Crippen LogP contribution in [0, 0.1) is 6.92 Å². The maximum Gasteiger partial charge on any atom is 0.240 e. The molecule has 0 aliphatic carbocycles. The number of nitrogens with one attached hydrogen (secondary N) is 3. The molecule has 0 heterocycles. The normalized spacial score (nSPS) is 12.6. The number of carbonyl (C=O) groups is 1. The Bertz CT molecular complexity index is 836. The third-order valence-electron chi connectivity index (χ3n) is 3.90. The SMILES string of the molecule is CNS(=O)(=O)c1cc(NC(=O)CN[C@@H](C)c2ccccc2)ccc1C. The van der Waals surface area contributed by atoms with Gasteiger partial charge in [0.25, 0.3) is 0 Å². The summed E-state index contributed by atoms with van der Waals surface area (Å²) < 4.78 is 26.3. The first-order valence-corrected chi connectivity index (χ1v) is 9.44. The van der Waals surface area contributed by atoms with Gasteiger partial charge in [-0.15, -0.1) is 0 Å². The zero-order valence-corrected chi connectivity index (χ0v) is 15.4. The fourth-order valence-electron chi connectivity index (χ4n) is 2.39. The standard InChI is InChI=1S/C18H23N3O3S/c1-13-9-10-16(11-17(13)25(23,24)19-3)21-18(22)12-20-14(2)15-7-5-4-6-8-15/h4-11,14,19-20H,12H2,1-3H3,(H,21,22)/t14-/m0/s1. The van der Waals surface area contributed by atoms with Crippen molar-refractivity contribution in [3.63, 3.8) is 0 Å². The highest BCUT2D eigenvalue weighted by Crippen LogP contribution is 2.20. The molecule has 0 bridgehead atoms. The molecular weight excluding hydrogens is 338 g/mol. The molecule has 1 amide bonds. The van der Waals surface area contributed by atoms with Gasteiger partial charge in [-0.1, -0.05) is 36.4 Å². The predicted octanol–water partition coefficient (Wildman–Crippen LogP) is 2.19. The molecule has 1 atom stereocenters. The van der Waals surface area contributed by atoms with E-state index >= 15 is 0 Å². The summed E-state index contributed by atoms with van der Waals surface area (Å²) in [5.74, 6) is -0.237. The molecule has 2 aromatic carbocycles. The van der Waals surface area contributed by atoms with E-state index in [-0.39, 0.29) is 23.4 Å². The Labute approximate surface area is 148 Å². The van der Waals surface area contributed by atoms with E-state index in [1.165, 1.54) is 13.1 Å². The number of sulfonamides is 1. The van der Waals surface area contributed by atoms with Crippen LogP contribution in [-0.2, 0) is 14.8 Å². The van der Waals surface area contributed by atoms with Crippen LogP contribution in [0.5, 0.6) is 0 Å². The van der Waals surface area contributed by atoms with Crippen LogP contribution in [0.3, 0.4) is 0 Å². The maximum absolute atomic E-state index is 12.1. The number of amides is 1. The summed E-state index contributed by atoms with van der Waals surface area (Å²) in [6.45, 7) is 3.81. The molecule has 0 radical (unpaired) electrons. The predicted molar refractivity (Wildman–Crippen MR) is 98.9 cm³/mol. The van der Waals surface area contributed by atoms with Gasteiger partial charge in [0.05, 0.1) is 11.4 Å². The van der Waals surface area contributed by atoms with Crippen LogP contribution in [-0.4, -0.2) is 27.9 Å². The van der Waals surface area contributed by atoms with Gasteiger partial charge >= 0.3 is 0 Å². The molecule has 0 saturated carbocycles. The van der Waals surface area contributed by atoms with Gasteiger partial charge in [-0.2, -0.15) is 0 Å². The van der Waals surface area contributed by atoms with Gasteiger partial charge in [-0.05, 0) is 44.2 Å². The third kappa shape index (κ3) is 5.12. The molecule has 0 aliphatic heterocycles. The van der Waals surface area contributed by atoms with Gasteiger partial charge < -0.3 is 10.6 Å². The Balaban J connectivity index is 2.00. The molecule has 0 aromatic heterocycles. The van der Waals surface area contributed by atoms with Crippen LogP contribution in [0.25, 0.3) is 0 Å². The Morgan fingerprint density at radius 2 is 1.80 bits per heavy atom. The summed E-state index contributed by atoms with van der Waals surface area (Å²) in [6.07, 6.45) is 0. The number of hydrogen-bond donors (Lipinski definition) is 3. The average Bonchev–Trinajstić information content (AvgIpc) is 2.62. The lowest BCUT2D eigenvalue weighted by atomic mass is 10.1. The number of rotatable bonds is 7. The van der Waals surface area contributed by atoms with E-state index in [1.807, 2.05) is 37.3 Å². The number of hydrogen-bond acceptors (Lipinski definition) is 4. The van der Waals surface area contributed by atoms with E-state index in [2.05, 4.69) is 15.4 Å². The van der Waals surface area contributed by atoms with E-state index < -0.39 is 10.0 Å². The number of benzene rings is 2. The largest absolute Gasteiger partial charge is 0.325 e. The van der Waals surface area contributed by atoms with Crippen molar-refractivity contribution in [1.82, 2.24) is 10.0 Å². The van der Waals surface area contributed by atoms with Crippen molar-refractivity contribution in [2.45, 2.75) is 24.8 Å². The average molecular weight is 361 g/mol. The summed E-state index contributed by atoms with van der Waals surface area (Å²) in [5.41, 5.74) is 2.15. The van der Waals surface area contributed by atoms with Gasteiger partial charge in [-0.3, -0.25) is 4.79 Å². The lowest BCUT2D eigenvalue weighted by Crippen LogP contribution is -2.30. The second kappa shape index (κ2) is 8.24. The molecule has 7 heteroatoms. The first-order chi connectivity index (χ1) is 11.8. The molecule has 3 N–H and O–H groups in total. The quantitative estimate of drug-likeness (QED) is 0.705. The second-order valence-corrected chi connectivity index (χ2v) is 7.60. The summed E-state index contributed by atoms with van der Waals surface area (Å²) >= 11 is 0. The van der Waals surface area contributed by atoms with Crippen molar-refractivity contribution < 1.29 is 13.2 Å². The van der Waals surface area contributed by atoms with Crippen molar-refractivity contribution in [2.24, 2.45) is 0 Å². The first kappa shape index (κ1) is 19.1. The zero-order valence-electron chi connectivity index (χ0n) is 14.5. The van der Waals surface area contributed by atoms with Crippen LogP contribution in [0.2, 0.25) is 0 Å². The fourth-order valence-corrected chi connectivity index (χ4v) is 3.38. The van der Waals surface area contributed by atoms with Gasteiger partial charge in [0.15, 0.2) is 0 Å². The van der Waals surface area contributed by atoms with Gasteiger partial charge in [-0.25, -0.2) is 13.1 Å². The lowest BCUT2D eigenvalue weighted by molar-refractivity contribution is -0.115. The zero-order chi connectivity index (χ0) is 18.4. The molecule has 2 aromatic rings. The Morgan fingerprint density at radius 3 is 2.44 bits per heavy atom. The van der Waals surface area contributed by atoms with Crippen LogP contribution in [0.15, 0.2) is 53.4 Å². The second-order valence-electron chi connectivity index (χ2n) is 5.75. The molecular formula is C18H23N3O3S. The van der Waals surface area contributed by atoms with Crippen LogP contribution >= 0.6 is 0 Å².